The predicted molar refractivity (Wildman–Crippen MR) is 89.3 cm³/mol. The summed E-state index contributed by atoms with van der Waals surface area (Å²) in [6, 6.07) is 21.9. The number of hydrogen-bond acceptors (Lipinski definition) is 1. The fourth-order valence-electron chi connectivity index (χ4n) is 3.55. The Kier molecular flexibility index (Phi) is 4.12. The molecule has 1 heterocycles. The zero-order valence-electron chi connectivity index (χ0n) is 13.1. The molecule has 1 fully saturated rings. The van der Waals surface area contributed by atoms with Gasteiger partial charge in [0.2, 0.25) is 0 Å². The Labute approximate surface area is 128 Å². The van der Waals surface area contributed by atoms with Crippen LogP contribution >= 0.6 is 0 Å². The summed E-state index contributed by atoms with van der Waals surface area (Å²) >= 11 is 0. The first kappa shape index (κ1) is 14.3. The molecule has 0 bridgehead atoms. The minimum Gasteiger partial charge on any atom is -0.299 e. The van der Waals surface area contributed by atoms with Crippen LogP contribution in [0.4, 0.5) is 0 Å². The second-order valence-corrected chi connectivity index (χ2v) is 6.66. The van der Waals surface area contributed by atoms with Crippen LogP contribution in [0.25, 0.3) is 0 Å². The Bertz CT molecular complexity index is 563. The molecule has 0 amide bonds. The second kappa shape index (κ2) is 6.03. The summed E-state index contributed by atoms with van der Waals surface area (Å²) in [6.45, 7) is 8.29. The Morgan fingerprint density at radius 1 is 1.00 bits per heavy atom. The molecule has 0 N–H and O–H groups in total. The van der Waals surface area contributed by atoms with E-state index in [0.717, 1.165) is 6.54 Å². The van der Waals surface area contributed by atoms with Crippen LogP contribution in [0.2, 0.25) is 0 Å². The quantitative estimate of drug-likeness (QED) is 0.800. The monoisotopic (exact) mass is 279 g/mol. The van der Waals surface area contributed by atoms with E-state index in [1.165, 1.54) is 30.6 Å². The minimum atomic E-state index is 0.314. The maximum Gasteiger partial charge on any atom is 0.0233 e. The zero-order chi connectivity index (χ0) is 14.7. The molecule has 110 valence electrons. The fourth-order valence-corrected chi connectivity index (χ4v) is 3.55. The van der Waals surface area contributed by atoms with Gasteiger partial charge < -0.3 is 0 Å². The van der Waals surface area contributed by atoms with Gasteiger partial charge in [-0.05, 0) is 35.4 Å². The normalized spacial score (nSPS) is 26.7. The van der Waals surface area contributed by atoms with Crippen molar-refractivity contribution >= 4 is 0 Å². The molecule has 0 spiro atoms. The molecule has 2 aromatic rings. The van der Waals surface area contributed by atoms with Crippen LogP contribution in [0, 0.1) is 5.92 Å². The van der Waals surface area contributed by atoms with Crippen molar-refractivity contribution in [3.63, 3.8) is 0 Å². The lowest BCUT2D eigenvalue weighted by Gasteiger charge is -2.45. The van der Waals surface area contributed by atoms with E-state index in [1.54, 1.807) is 0 Å². The standard InChI is InChI=1S/C20H25N/c1-17-15-21(16-18-9-5-3-6-10-18)14-13-20(17,2)19-11-7-4-8-12-19/h3-12,17H,13-16H2,1-2H3. The van der Waals surface area contributed by atoms with Crippen molar-refractivity contribution in [2.75, 3.05) is 13.1 Å². The maximum atomic E-state index is 2.60. The maximum absolute atomic E-state index is 2.60. The van der Waals surface area contributed by atoms with Gasteiger partial charge in [0.15, 0.2) is 0 Å². The highest BCUT2D eigenvalue weighted by molar-refractivity contribution is 5.26. The number of rotatable bonds is 3. The average molecular weight is 279 g/mol. The highest BCUT2D eigenvalue weighted by Crippen LogP contribution is 2.39. The molecule has 0 aromatic heterocycles. The van der Waals surface area contributed by atoms with Crippen LogP contribution in [0.5, 0.6) is 0 Å². The zero-order valence-corrected chi connectivity index (χ0v) is 13.1. The van der Waals surface area contributed by atoms with Gasteiger partial charge in [-0.2, -0.15) is 0 Å². The second-order valence-electron chi connectivity index (χ2n) is 6.66. The molecule has 2 atom stereocenters. The lowest BCUT2D eigenvalue weighted by Crippen LogP contribution is -2.46. The lowest BCUT2D eigenvalue weighted by molar-refractivity contribution is 0.105. The summed E-state index contributed by atoms with van der Waals surface area (Å²) in [6.07, 6.45) is 1.24. The van der Waals surface area contributed by atoms with Gasteiger partial charge in [0, 0.05) is 13.1 Å². The van der Waals surface area contributed by atoms with E-state index in [2.05, 4.69) is 79.4 Å². The molecule has 0 radical (unpaired) electrons. The smallest absolute Gasteiger partial charge is 0.0233 e. The molecule has 2 unspecified atom stereocenters. The van der Waals surface area contributed by atoms with Gasteiger partial charge in [0.05, 0.1) is 0 Å². The molecule has 0 aliphatic carbocycles. The minimum absolute atomic E-state index is 0.314. The summed E-state index contributed by atoms with van der Waals surface area (Å²) in [4.78, 5) is 2.60. The summed E-state index contributed by atoms with van der Waals surface area (Å²) in [5, 5.41) is 0. The average Bonchev–Trinajstić information content (AvgIpc) is 2.53. The van der Waals surface area contributed by atoms with Gasteiger partial charge in [0.1, 0.15) is 0 Å². The Morgan fingerprint density at radius 3 is 2.24 bits per heavy atom. The van der Waals surface area contributed by atoms with Gasteiger partial charge in [-0.3, -0.25) is 4.90 Å². The van der Waals surface area contributed by atoms with Crippen molar-refractivity contribution < 1.29 is 0 Å². The fraction of sp³-hybridized carbons (Fsp3) is 0.400. The van der Waals surface area contributed by atoms with Crippen molar-refractivity contribution in [3.05, 3.63) is 71.8 Å². The van der Waals surface area contributed by atoms with Crippen LogP contribution in [0.3, 0.4) is 0 Å². The van der Waals surface area contributed by atoms with Crippen molar-refractivity contribution in [2.24, 2.45) is 5.92 Å². The number of piperidine rings is 1. The van der Waals surface area contributed by atoms with Crippen LogP contribution in [-0.4, -0.2) is 18.0 Å². The van der Waals surface area contributed by atoms with Crippen molar-refractivity contribution in [1.29, 1.82) is 0 Å². The molecule has 1 saturated heterocycles. The molecule has 1 aliphatic heterocycles. The van der Waals surface area contributed by atoms with Gasteiger partial charge in [0.25, 0.3) is 0 Å². The molecular weight excluding hydrogens is 254 g/mol. The molecular formula is C20H25N. The summed E-state index contributed by atoms with van der Waals surface area (Å²) in [5.74, 6) is 0.678. The van der Waals surface area contributed by atoms with Crippen molar-refractivity contribution in [3.8, 4) is 0 Å². The lowest BCUT2D eigenvalue weighted by atomic mass is 9.68. The Hall–Kier alpha value is -1.60. The molecule has 21 heavy (non-hydrogen) atoms. The third-order valence-electron chi connectivity index (χ3n) is 5.25. The van der Waals surface area contributed by atoms with E-state index < -0.39 is 0 Å². The molecule has 2 aromatic carbocycles. The number of nitrogens with zero attached hydrogens (tertiary/aromatic N) is 1. The van der Waals surface area contributed by atoms with Crippen LogP contribution < -0.4 is 0 Å². The summed E-state index contributed by atoms with van der Waals surface area (Å²) in [5.41, 5.74) is 3.24. The van der Waals surface area contributed by atoms with Crippen molar-refractivity contribution in [2.45, 2.75) is 32.2 Å². The third-order valence-corrected chi connectivity index (χ3v) is 5.25. The largest absolute Gasteiger partial charge is 0.299 e. The number of benzene rings is 2. The van der Waals surface area contributed by atoms with E-state index in [1.807, 2.05) is 0 Å². The van der Waals surface area contributed by atoms with E-state index in [4.69, 9.17) is 0 Å². The molecule has 1 nitrogen and oxygen atoms in total. The van der Waals surface area contributed by atoms with Gasteiger partial charge in [-0.15, -0.1) is 0 Å². The van der Waals surface area contributed by atoms with Gasteiger partial charge in [-0.25, -0.2) is 0 Å². The van der Waals surface area contributed by atoms with E-state index in [-0.39, 0.29) is 0 Å². The highest BCUT2D eigenvalue weighted by Gasteiger charge is 2.37. The topological polar surface area (TPSA) is 3.24 Å². The van der Waals surface area contributed by atoms with Crippen molar-refractivity contribution in [1.82, 2.24) is 4.90 Å². The Balaban J connectivity index is 1.70. The number of likely N-dealkylation sites (tertiary alicyclic amines) is 1. The van der Waals surface area contributed by atoms with Crippen LogP contribution in [0.15, 0.2) is 60.7 Å². The van der Waals surface area contributed by atoms with Crippen LogP contribution in [-0.2, 0) is 12.0 Å². The first-order chi connectivity index (χ1) is 10.2. The van der Waals surface area contributed by atoms with Crippen LogP contribution in [0.1, 0.15) is 31.4 Å². The van der Waals surface area contributed by atoms with E-state index in [9.17, 15) is 0 Å². The predicted octanol–water partition coefficient (Wildman–Crippen LogP) is 4.49. The highest BCUT2D eigenvalue weighted by atomic mass is 15.1. The first-order valence-electron chi connectivity index (χ1n) is 8.00. The Morgan fingerprint density at radius 2 is 1.62 bits per heavy atom. The van der Waals surface area contributed by atoms with Gasteiger partial charge in [-0.1, -0.05) is 74.5 Å². The first-order valence-corrected chi connectivity index (χ1v) is 8.00. The molecule has 3 rings (SSSR count). The third kappa shape index (κ3) is 3.03. The van der Waals surface area contributed by atoms with E-state index >= 15 is 0 Å². The van der Waals surface area contributed by atoms with Gasteiger partial charge >= 0.3 is 0 Å². The molecule has 1 heteroatoms. The molecule has 0 saturated carbocycles. The van der Waals surface area contributed by atoms with E-state index in [0.29, 0.717) is 11.3 Å². The SMILES string of the molecule is CC1CN(Cc2ccccc2)CCC1(C)c1ccccc1. The summed E-state index contributed by atoms with van der Waals surface area (Å²) < 4.78 is 0. The number of hydrogen-bond donors (Lipinski definition) is 0. The molecule has 1 aliphatic rings. The summed E-state index contributed by atoms with van der Waals surface area (Å²) in [7, 11) is 0.